The van der Waals surface area contributed by atoms with Gasteiger partial charge >= 0.3 is 6.03 Å². The normalized spacial score (nSPS) is 15.7. The molecule has 0 aliphatic heterocycles. The molecule has 1 rings (SSSR count). The summed E-state index contributed by atoms with van der Waals surface area (Å²) in [5, 5.41) is 4.50. The molecule has 0 unspecified atom stereocenters. The first kappa shape index (κ1) is 17.4. The van der Waals surface area contributed by atoms with E-state index in [1.165, 1.54) is 39.2 Å². The molecule has 0 aromatic rings. The van der Waals surface area contributed by atoms with Gasteiger partial charge in [0.15, 0.2) is 0 Å². The van der Waals surface area contributed by atoms with E-state index >= 15 is 0 Å². The molecule has 21 heavy (non-hydrogen) atoms. The highest BCUT2D eigenvalue weighted by atomic mass is 16.2. The maximum Gasteiger partial charge on any atom is 0.321 e. The summed E-state index contributed by atoms with van der Waals surface area (Å²) in [5.74, 6) is -0.234. The summed E-state index contributed by atoms with van der Waals surface area (Å²) >= 11 is 0. The van der Waals surface area contributed by atoms with Crippen LogP contribution in [-0.4, -0.2) is 49.4 Å². The smallest absolute Gasteiger partial charge is 0.321 e. The maximum absolute atomic E-state index is 11.7. The molecule has 1 aliphatic carbocycles. The van der Waals surface area contributed by atoms with E-state index in [4.69, 9.17) is 5.73 Å². The van der Waals surface area contributed by atoms with Crippen LogP contribution in [0.4, 0.5) is 4.79 Å². The molecule has 0 heterocycles. The Labute approximate surface area is 125 Å². The average molecular weight is 298 g/mol. The Morgan fingerprint density at radius 2 is 1.81 bits per heavy atom. The van der Waals surface area contributed by atoms with Crippen LogP contribution in [-0.2, 0) is 9.59 Å². The van der Waals surface area contributed by atoms with Crippen molar-refractivity contribution < 1.29 is 14.4 Å². The fourth-order valence-corrected chi connectivity index (χ4v) is 2.71. The molecule has 0 atom stereocenters. The molecule has 4 amide bonds. The third kappa shape index (κ3) is 7.65. The van der Waals surface area contributed by atoms with E-state index < -0.39 is 17.8 Å². The van der Waals surface area contributed by atoms with E-state index in [0.717, 1.165) is 6.42 Å². The van der Waals surface area contributed by atoms with Crippen LogP contribution >= 0.6 is 0 Å². The van der Waals surface area contributed by atoms with E-state index in [1.807, 2.05) is 0 Å². The molecular formula is C14H26N4O3. The number of amides is 4. The Hall–Kier alpha value is -1.63. The molecule has 120 valence electrons. The number of hydrogen-bond donors (Lipinski definition) is 3. The molecule has 1 fully saturated rings. The summed E-state index contributed by atoms with van der Waals surface area (Å²) < 4.78 is 0. The van der Waals surface area contributed by atoms with Crippen molar-refractivity contribution in [2.45, 2.75) is 38.5 Å². The first-order valence-electron chi connectivity index (χ1n) is 7.53. The Morgan fingerprint density at radius 1 is 1.14 bits per heavy atom. The van der Waals surface area contributed by atoms with E-state index in [0.29, 0.717) is 12.5 Å². The van der Waals surface area contributed by atoms with Crippen LogP contribution in [0, 0.1) is 5.92 Å². The predicted octanol–water partition coefficient (Wildman–Crippen LogP) is 0.200. The summed E-state index contributed by atoms with van der Waals surface area (Å²) in [6, 6.07) is -0.550. The van der Waals surface area contributed by atoms with Crippen LogP contribution in [0.15, 0.2) is 0 Å². The van der Waals surface area contributed by atoms with Crippen LogP contribution in [0.1, 0.15) is 38.5 Å². The zero-order valence-corrected chi connectivity index (χ0v) is 12.7. The molecule has 0 aromatic carbocycles. The lowest BCUT2D eigenvalue weighted by molar-refractivity contribution is -0.123. The second-order valence-corrected chi connectivity index (χ2v) is 5.60. The van der Waals surface area contributed by atoms with Gasteiger partial charge in [0.2, 0.25) is 11.8 Å². The molecule has 1 saturated carbocycles. The van der Waals surface area contributed by atoms with Gasteiger partial charge in [0.25, 0.3) is 0 Å². The lowest BCUT2D eigenvalue weighted by Gasteiger charge is -2.25. The van der Waals surface area contributed by atoms with Gasteiger partial charge in [-0.15, -0.1) is 0 Å². The van der Waals surface area contributed by atoms with Crippen molar-refractivity contribution in [3.63, 3.8) is 0 Å². The highest BCUT2D eigenvalue weighted by molar-refractivity contribution is 5.95. The molecular weight excluding hydrogens is 272 g/mol. The van der Waals surface area contributed by atoms with Gasteiger partial charge in [-0.2, -0.15) is 0 Å². The lowest BCUT2D eigenvalue weighted by atomic mass is 9.87. The minimum absolute atomic E-state index is 0.00306. The fraction of sp³-hybridized carbons (Fsp3) is 0.786. The van der Waals surface area contributed by atoms with Crippen molar-refractivity contribution in [3.05, 3.63) is 0 Å². The molecule has 0 spiro atoms. The van der Waals surface area contributed by atoms with Crippen LogP contribution in [0.3, 0.4) is 0 Å². The van der Waals surface area contributed by atoms with Gasteiger partial charge in [-0.25, -0.2) is 4.79 Å². The second kappa shape index (κ2) is 9.33. The molecule has 7 heteroatoms. The van der Waals surface area contributed by atoms with Crippen molar-refractivity contribution in [2.75, 3.05) is 26.7 Å². The summed E-state index contributed by atoms with van der Waals surface area (Å²) in [6.45, 7) is 0.686. The standard InChI is InChI=1S/C14H26N4O3/c1-16-14(21)17-13(20)10-18(9-12(15)19)8-7-11-5-3-2-4-6-11/h11H,2-10H2,1H3,(H2,15,19)(H2,16,17,20,21). The van der Waals surface area contributed by atoms with Crippen LogP contribution in [0.5, 0.6) is 0 Å². The Bertz CT molecular complexity index is 367. The van der Waals surface area contributed by atoms with Gasteiger partial charge in [0.05, 0.1) is 13.1 Å². The number of nitrogens with two attached hydrogens (primary N) is 1. The van der Waals surface area contributed by atoms with Gasteiger partial charge in [0.1, 0.15) is 0 Å². The number of primary amides is 1. The minimum atomic E-state index is -0.550. The largest absolute Gasteiger partial charge is 0.369 e. The van der Waals surface area contributed by atoms with Gasteiger partial charge in [-0.05, 0) is 18.9 Å². The zero-order chi connectivity index (χ0) is 15.7. The Balaban J connectivity index is 2.40. The first-order valence-corrected chi connectivity index (χ1v) is 7.53. The van der Waals surface area contributed by atoms with Crippen molar-refractivity contribution in [2.24, 2.45) is 11.7 Å². The quantitative estimate of drug-likeness (QED) is 0.624. The summed E-state index contributed by atoms with van der Waals surface area (Å²) in [4.78, 5) is 35.6. The van der Waals surface area contributed by atoms with E-state index in [-0.39, 0.29) is 13.1 Å². The number of hydrogen-bond acceptors (Lipinski definition) is 4. The average Bonchev–Trinajstić information content (AvgIpc) is 2.45. The highest BCUT2D eigenvalue weighted by Crippen LogP contribution is 2.26. The number of carbonyl (C=O) groups is 3. The molecule has 4 N–H and O–H groups in total. The second-order valence-electron chi connectivity index (χ2n) is 5.60. The third-order valence-corrected chi connectivity index (χ3v) is 3.80. The molecule has 0 aromatic heterocycles. The topological polar surface area (TPSA) is 105 Å². The molecule has 7 nitrogen and oxygen atoms in total. The number of carbonyl (C=O) groups excluding carboxylic acids is 3. The third-order valence-electron chi connectivity index (χ3n) is 3.80. The Kier molecular flexibility index (Phi) is 7.74. The van der Waals surface area contributed by atoms with Gasteiger partial charge in [-0.1, -0.05) is 32.1 Å². The number of nitrogens with zero attached hydrogens (tertiary/aromatic N) is 1. The van der Waals surface area contributed by atoms with Crippen molar-refractivity contribution in [1.82, 2.24) is 15.5 Å². The van der Waals surface area contributed by atoms with Gasteiger partial charge in [0, 0.05) is 7.05 Å². The van der Waals surface area contributed by atoms with E-state index in [9.17, 15) is 14.4 Å². The van der Waals surface area contributed by atoms with Crippen LogP contribution < -0.4 is 16.4 Å². The lowest BCUT2D eigenvalue weighted by Crippen LogP contribution is -2.46. The number of nitrogens with one attached hydrogen (secondary N) is 2. The molecule has 0 radical (unpaired) electrons. The van der Waals surface area contributed by atoms with Crippen LogP contribution in [0.2, 0.25) is 0 Å². The van der Waals surface area contributed by atoms with Crippen molar-refractivity contribution >= 4 is 17.8 Å². The number of rotatable bonds is 7. The first-order chi connectivity index (χ1) is 10.0. The zero-order valence-electron chi connectivity index (χ0n) is 12.7. The van der Waals surface area contributed by atoms with Gasteiger partial charge < -0.3 is 11.1 Å². The number of imide groups is 1. The van der Waals surface area contributed by atoms with E-state index in [1.54, 1.807) is 4.90 Å². The van der Waals surface area contributed by atoms with E-state index in [2.05, 4.69) is 10.6 Å². The molecule has 1 aliphatic rings. The summed E-state index contributed by atoms with van der Waals surface area (Å²) in [7, 11) is 1.44. The van der Waals surface area contributed by atoms with Crippen molar-refractivity contribution in [3.8, 4) is 0 Å². The summed E-state index contributed by atoms with van der Waals surface area (Å²) in [6.07, 6.45) is 7.22. The highest BCUT2D eigenvalue weighted by Gasteiger charge is 2.18. The van der Waals surface area contributed by atoms with Gasteiger partial charge in [-0.3, -0.25) is 19.8 Å². The Morgan fingerprint density at radius 3 is 2.38 bits per heavy atom. The minimum Gasteiger partial charge on any atom is -0.369 e. The maximum atomic E-state index is 11.7. The summed E-state index contributed by atoms with van der Waals surface area (Å²) in [5.41, 5.74) is 5.21. The number of urea groups is 1. The van der Waals surface area contributed by atoms with Crippen molar-refractivity contribution in [1.29, 1.82) is 0 Å². The molecule has 0 saturated heterocycles. The molecule has 0 bridgehead atoms. The fourth-order valence-electron chi connectivity index (χ4n) is 2.71. The SMILES string of the molecule is CNC(=O)NC(=O)CN(CCC1CCCCC1)CC(N)=O. The predicted molar refractivity (Wildman–Crippen MR) is 79.4 cm³/mol. The van der Waals surface area contributed by atoms with Crippen LogP contribution in [0.25, 0.3) is 0 Å². The monoisotopic (exact) mass is 298 g/mol.